The smallest absolute Gasteiger partial charge is 0.253 e. The van der Waals surface area contributed by atoms with E-state index < -0.39 is 0 Å². The number of hydrogen-bond donors (Lipinski definition) is 2. The molecule has 0 unspecified atom stereocenters. The van der Waals surface area contributed by atoms with E-state index in [1.165, 1.54) is 6.42 Å². The maximum Gasteiger partial charge on any atom is 0.253 e. The Kier molecular flexibility index (Phi) is 5.97. The van der Waals surface area contributed by atoms with Crippen LogP contribution in [0.3, 0.4) is 0 Å². The van der Waals surface area contributed by atoms with Crippen LogP contribution in [0.4, 0.5) is 0 Å². The number of benzene rings is 1. The highest BCUT2D eigenvalue weighted by atomic mass is 16.2. The van der Waals surface area contributed by atoms with E-state index in [2.05, 4.69) is 10.6 Å². The summed E-state index contributed by atoms with van der Waals surface area (Å²) >= 11 is 0. The first kappa shape index (κ1) is 18.9. The van der Waals surface area contributed by atoms with Gasteiger partial charge in [0.2, 0.25) is 5.91 Å². The lowest BCUT2D eigenvalue weighted by Gasteiger charge is -2.37. The SMILES string of the molecule is CCN(CC)C(=O)c1ccc(CNC(=O)[C@@]23CCCC[C@H]2CNC3)cc1. The Morgan fingerprint density at radius 2 is 1.92 bits per heavy atom. The summed E-state index contributed by atoms with van der Waals surface area (Å²) in [7, 11) is 0. The van der Waals surface area contributed by atoms with E-state index in [0.29, 0.717) is 31.1 Å². The van der Waals surface area contributed by atoms with Crippen molar-refractivity contribution in [3.8, 4) is 0 Å². The van der Waals surface area contributed by atoms with E-state index >= 15 is 0 Å². The van der Waals surface area contributed by atoms with E-state index in [-0.39, 0.29) is 17.2 Å². The summed E-state index contributed by atoms with van der Waals surface area (Å²) in [6, 6.07) is 7.61. The predicted octanol–water partition coefficient (Wildman–Crippen LogP) is 2.56. The van der Waals surface area contributed by atoms with Crippen molar-refractivity contribution >= 4 is 11.8 Å². The Balaban J connectivity index is 1.60. The number of nitrogens with zero attached hydrogens (tertiary/aromatic N) is 1. The molecule has 0 bridgehead atoms. The quantitative estimate of drug-likeness (QED) is 0.823. The highest BCUT2D eigenvalue weighted by Gasteiger charge is 2.49. The van der Waals surface area contributed by atoms with Gasteiger partial charge in [-0.25, -0.2) is 0 Å². The molecule has 1 aromatic rings. The molecule has 1 aromatic carbocycles. The van der Waals surface area contributed by atoms with E-state index in [4.69, 9.17) is 0 Å². The van der Waals surface area contributed by atoms with Crippen molar-refractivity contribution in [3.05, 3.63) is 35.4 Å². The van der Waals surface area contributed by atoms with Crippen LogP contribution in [0, 0.1) is 11.3 Å². The molecule has 26 heavy (non-hydrogen) atoms. The van der Waals surface area contributed by atoms with Crippen LogP contribution in [-0.2, 0) is 11.3 Å². The molecule has 1 saturated heterocycles. The summed E-state index contributed by atoms with van der Waals surface area (Å²) in [6.07, 6.45) is 4.54. The average Bonchev–Trinajstić information content (AvgIpc) is 3.12. The van der Waals surface area contributed by atoms with Gasteiger partial charge in [0.1, 0.15) is 0 Å². The summed E-state index contributed by atoms with van der Waals surface area (Å²) in [4.78, 5) is 27.1. The Labute approximate surface area is 156 Å². The molecule has 3 rings (SSSR count). The van der Waals surface area contributed by atoms with Crippen molar-refractivity contribution in [1.29, 1.82) is 0 Å². The molecule has 2 N–H and O–H groups in total. The number of carbonyl (C=O) groups excluding carboxylic acids is 2. The maximum absolute atomic E-state index is 12.9. The lowest BCUT2D eigenvalue weighted by atomic mass is 9.67. The zero-order valence-electron chi connectivity index (χ0n) is 16.0. The van der Waals surface area contributed by atoms with Gasteiger partial charge in [-0.1, -0.05) is 25.0 Å². The Morgan fingerprint density at radius 1 is 1.19 bits per heavy atom. The first-order chi connectivity index (χ1) is 12.6. The van der Waals surface area contributed by atoms with Crippen molar-refractivity contribution in [2.45, 2.75) is 46.1 Å². The lowest BCUT2D eigenvalue weighted by Crippen LogP contribution is -2.47. The largest absolute Gasteiger partial charge is 0.351 e. The monoisotopic (exact) mass is 357 g/mol. The van der Waals surface area contributed by atoms with Gasteiger partial charge < -0.3 is 15.5 Å². The fraction of sp³-hybridized carbons (Fsp3) is 0.619. The fourth-order valence-corrected chi connectivity index (χ4v) is 4.51. The molecule has 2 aliphatic rings. The van der Waals surface area contributed by atoms with Gasteiger partial charge in [0, 0.05) is 31.7 Å². The van der Waals surface area contributed by atoms with Crippen LogP contribution in [0.5, 0.6) is 0 Å². The van der Waals surface area contributed by atoms with Crippen molar-refractivity contribution in [1.82, 2.24) is 15.5 Å². The van der Waals surface area contributed by atoms with Crippen LogP contribution in [0.25, 0.3) is 0 Å². The summed E-state index contributed by atoms with van der Waals surface area (Å²) in [5.41, 5.74) is 1.52. The second-order valence-electron chi connectivity index (χ2n) is 7.59. The maximum atomic E-state index is 12.9. The summed E-state index contributed by atoms with van der Waals surface area (Å²) < 4.78 is 0. The molecule has 1 saturated carbocycles. The second kappa shape index (κ2) is 8.21. The number of nitrogens with one attached hydrogen (secondary N) is 2. The molecular weight excluding hydrogens is 326 g/mol. The second-order valence-corrected chi connectivity index (χ2v) is 7.59. The van der Waals surface area contributed by atoms with E-state index in [1.54, 1.807) is 0 Å². The van der Waals surface area contributed by atoms with E-state index in [0.717, 1.165) is 37.9 Å². The lowest BCUT2D eigenvalue weighted by molar-refractivity contribution is -0.134. The summed E-state index contributed by atoms with van der Waals surface area (Å²) in [5.74, 6) is 0.729. The van der Waals surface area contributed by atoms with Crippen LogP contribution >= 0.6 is 0 Å². The number of fused-ring (bicyclic) bond motifs is 1. The topological polar surface area (TPSA) is 61.4 Å². The number of rotatable bonds is 6. The molecule has 2 amide bonds. The summed E-state index contributed by atoms with van der Waals surface area (Å²) in [5, 5.41) is 6.57. The van der Waals surface area contributed by atoms with Gasteiger partial charge in [0.05, 0.1) is 5.41 Å². The highest BCUT2D eigenvalue weighted by Crippen LogP contribution is 2.43. The zero-order chi connectivity index (χ0) is 18.6. The predicted molar refractivity (Wildman–Crippen MR) is 103 cm³/mol. The third-order valence-electron chi connectivity index (χ3n) is 6.19. The average molecular weight is 357 g/mol. The van der Waals surface area contributed by atoms with Gasteiger partial charge in [-0.2, -0.15) is 0 Å². The molecule has 5 nitrogen and oxygen atoms in total. The number of carbonyl (C=O) groups is 2. The molecule has 5 heteroatoms. The Hall–Kier alpha value is -1.88. The molecular formula is C21H31N3O2. The number of hydrogen-bond acceptors (Lipinski definition) is 3. The normalized spacial score (nSPS) is 24.8. The van der Waals surface area contributed by atoms with E-state index in [1.807, 2.05) is 43.0 Å². The van der Waals surface area contributed by atoms with Crippen LogP contribution in [-0.4, -0.2) is 42.9 Å². The Bertz CT molecular complexity index is 639. The molecule has 2 atom stereocenters. The molecule has 0 aromatic heterocycles. The third-order valence-corrected chi connectivity index (χ3v) is 6.19. The Morgan fingerprint density at radius 3 is 2.62 bits per heavy atom. The molecule has 0 radical (unpaired) electrons. The first-order valence-electron chi connectivity index (χ1n) is 9.98. The van der Waals surface area contributed by atoms with Gasteiger partial charge in [-0.15, -0.1) is 0 Å². The molecule has 1 heterocycles. The van der Waals surface area contributed by atoms with Gasteiger partial charge >= 0.3 is 0 Å². The van der Waals surface area contributed by atoms with Crippen LogP contribution in [0.1, 0.15) is 55.5 Å². The molecule has 0 spiro atoms. The van der Waals surface area contributed by atoms with Crippen LogP contribution in [0.15, 0.2) is 24.3 Å². The summed E-state index contributed by atoms with van der Waals surface area (Å²) in [6.45, 7) is 7.69. The third kappa shape index (κ3) is 3.63. The minimum Gasteiger partial charge on any atom is -0.351 e. The van der Waals surface area contributed by atoms with Crippen LogP contribution < -0.4 is 10.6 Å². The molecule has 142 valence electrons. The van der Waals surface area contributed by atoms with Crippen LogP contribution in [0.2, 0.25) is 0 Å². The number of amides is 2. The zero-order valence-corrected chi connectivity index (χ0v) is 16.0. The standard InChI is InChI=1S/C21H31N3O2/c1-3-24(4-2)19(25)17-10-8-16(9-11-17)13-23-20(26)21-12-6-5-7-18(21)14-22-15-21/h8-11,18,22H,3-7,12-15H2,1-2H3,(H,23,26)/t18-,21+/m0/s1. The fourth-order valence-electron chi connectivity index (χ4n) is 4.51. The van der Waals surface area contributed by atoms with Gasteiger partial charge in [-0.05, 0) is 56.8 Å². The van der Waals surface area contributed by atoms with Gasteiger partial charge in [-0.3, -0.25) is 9.59 Å². The minimum atomic E-state index is -0.211. The molecule has 1 aliphatic carbocycles. The minimum absolute atomic E-state index is 0.0616. The van der Waals surface area contributed by atoms with Crippen molar-refractivity contribution in [2.24, 2.45) is 11.3 Å². The van der Waals surface area contributed by atoms with Gasteiger partial charge in [0.25, 0.3) is 5.91 Å². The van der Waals surface area contributed by atoms with E-state index in [9.17, 15) is 9.59 Å². The van der Waals surface area contributed by atoms with Crippen molar-refractivity contribution < 1.29 is 9.59 Å². The molecule has 1 aliphatic heterocycles. The molecule has 2 fully saturated rings. The van der Waals surface area contributed by atoms with Crippen molar-refractivity contribution in [2.75, 3.05) is 26.2 Å². The van der Waals surface area contributed by atoms with Gasteiger partial charge in [0.15, 0.2) is 0 Å². The first-order valence-corrected chi connectivity index (χ1v) is 9.98. The highest BCUT2D eigenvalue weighted by molar-refractivity contribution is 5.94. The van der Waals surface area contributed by atoms with Crippen molar-refractivity contribution in [3.63, 3.8) is 0 Å².